The number of ether oxygens (including phenoxy) is 1. The minimum atomic E-state index is -1.22. The molecule has 0 saturated heterocycles. The zero-order chi connectivity index (χ0) is 29.5. The lowest BCUT2D eigenvalue weighted by Crippen LogP contribution is -2.46. The molecule has 212 valence electrons. The molecule has 0 bridgehead atoms. The third-order valence-electron chi connectivity index (χ3n) is 6.43. The fraction of sp³-hybridized carbons (Fsp3) is 0.226. The highest BCUT2D eigenvalue weighted by atomic mass is 35.5. The van der Waals surface area contributed by atoms with Gasteiger partial charge in [-0.25, -0.2) is 14.2 Å². The SMILES string of the molecule is CC(C)C[C@H](NC(=O)OCc1ccccc1)C(=O)C(N)c1cncn1-c1ccc(Cl)cc1C(=O)c1ccccc1F. The smallest absolute Gasteiger partial charge is 0.408 e. The number of nitrogens with one attached hydrogen (secondary N) is 1. The van der Waals surface area contributed by atoms with Crippen molar-refractivity contribution in [3.63, 3.8) is 0 Å². The van der Waals surface area contributed by atoms with Crippen molar-refractivity contribution in [2.75, 3.05) is 0 Å². The average molecular weight is 577 g/mol. The molecular formula is C31H30ClFN4O4. The van der Waals surface area contributed by atoms with E-state index in [1.807, 2.05) is 44.2 Å². The van der Waals surface area contributed by atoms with Crippen LogP contribution in [0.2, 0.25) is 5.02 Å². The van der Waals surface area contributed by atoms with Gasteiger partial charge in [-0.3, -0.25) is 9.59 Å². The summed E-state index contributed by atoms with van der Waals surface area (Å²) in [6.07, 6.45) is 2.39. The first-order valence-electron chi connectivity index (χ1n) is 13.0. The number of hydrogen-bond acceptors (Lipinski definition) is 6. The van der Waals surface area contributed by atoms with Gasteiger partial charge in [-0.05, 0) is 48.2 Å². The first-order chi connectivity index (χ1) is 19.7. The van der Waals surface area contributed by atoms with Crippen molar-refractivity contribution in [3.8, 4) is 5.69 Å². The van der Waals surface area contributed by atoms with Crippen molar-refractivity contribution in [1.82, 2.24) is 14.9 Å². The van der Waals surface area contributed by atoms with Crippen LogP contribution in [0.4, 0.5) is 9.18 Å². The summed E-state index contributed by atoms with van der Waals surface area (Å²) in [6, 6.07) is 17.2. The number of carbonyl (C=O) groups excluding carboxylic acids is 3. The number of carbonyl (C=O) groups is 3. The molecule has 2 atom stereocenters. The van der Waals surface area contributed by atoms with Crippen molar-refractivity contribution >= 4 is 29.3 Å². The van der Waals surface area contributed by atoms with Crippen molar-refractivity contribution < 1.29 is 23.5 Å². The number of Topliss-reactive ketones (excluding diaryl/α,β-unsaturated/α-hetero) is 1. The molecule has 0 fully saturated rings. The zero-order valence-corrected chi connectivity index (χ0v) is 23.3. The highest BCUT2D eigenvalue weighted by molar-refractivity contribution is 6.31. The van der Waals surface area contributed by atoms with Crippen LogP contribution in [0.1, 0.15) is 53.5 Å². The molecule has 8 nitrogen and oxygen atoms in total. The summed E-state index contributed by atoms with van der Waals surface area (Å²) in [5, 5.41) is 2.92. The zero-order valence-electron chi connectivity index (χ0n) is 22.6. The van der Waals surface area contributed by atoms with E-state index in [9.17, 15) is 18.8 Å². The Bertz CT molecular complexity index is 1540. The van der Waals surface area contributed by atoms with Crippen LogP contribution in [0.25, 0.3) is 5.69 Å². The van der Waals surface area contributed by atoms with Gasteiger partial charge >= 0.3 is 6.09 Å². The van der Waals surface area contributed by atoms with E-state index in [0.29, 0.717) is 12.1 Å². The first kappa shape index (κ1) is 29.6. The number of alkyl carbamates (subject to hydrolysis) is 1. The monoisotopic (exact) mass is 576 g/mol. The Morgan fingerprint density at radius 1 is 1.02 bits per heavy atom. The van der Waals surface area contributed by atoms with Crippen LogP contribution in [0.5, 0.6) is 0 Å². The summed E-state index contributed by atoms with van der Waals surface area (Å²) in [6.45, 7) is 3.88. The Hall–Kier alpha value is -4.34. The molecule has 1 heterocycles. The van der Waals surface area contributed by atoms with Crippen LogP contribution in [-0.4, -0.2) is 33.3 Å². The fourth-order valence-corrected chi connectivity index (χ4v) is 4.59. The van der Waals surface area contributed by atoms with Gasteiger partial charge in [0.05, 0.1) is 35.5 Å². The van der Waals surface area contributed by atoms with Gasteiger partial charge in [-0.1, -0.05) is 67.9 Å². The van der Waals surface area contributed by atoms with E-state index in [2.05, 4.69) is 10.3 Å². The number of rotatable bonds is 11. The summed E-state index contributed by atoms with van der Waals surface area (Å²) in [7, 11) is 0. The van der Waals surface area contributed by atoms with Gasteiger partial charge in [-0.15, -0.1) is 0 Å². The number of imidazole rings is 1. The molecule has 3 aromatic carbocycles. The van der Waals surface area contributed by atoms with Crippen LogP contribution in [0.15, 0.2) is 85.3 Å². The summed E-state index contributed by atoms with van der Waals surface area (Å²) >= 11 is 6.20. The van der Waals surface area contributed by atoms with Crippen LogP contribution in [0, 0.1) is 11.7 Å². The second kappa shape index (κ2) is 13.3. The summed E-state index contributed by atoms with van der Waals surface area (Å²) in [4.78, 5) is 43.8. The van der Waals surface area contributed by atoms with E-state index < -0.39 is 35.6 Å². The number of amides is 1. The molecule has 0 radical (unpaired) electrons. The summed E-state index contributed by atoms with van der Waals surface area (Å²) in [5.74, 6) is -1.69. The van der Waals surface area contributed by atoms with Crippen LogP contribution < -0.4 is 11.1 Å². The predicted molar refractivity (Wildman–Crippen MR) is 153 cm³/mol. The molecule has 0 aliphatic heterocycles. The van der Waals surface area contributed by atoms with Crippen LogP contribution in [-0.2, 0) is 16.1 Å². The highest BCUT2D eigenvalue weighted by Gasteiger charge is 2.31. The largest absolute Gasteiger partial charge is 0.445 e. The Morgan fingerprint density at radius 3 is 2.44 bits per heavy atom. The third kappa shape index (κ3) is 7.25. The van der Waals surface area contributed by atoms with Gasteiger partial charge in [0, 0.05) is 10.6 Å². The maximum Gasteiger partial charge on any atom is 0.408 e. The standard InChI is InChI=1S/C31H30ClFN4O4/c1-19(2)14-25(36-31(40)41-17-20-8-4-3-5-9-20)30(39)28(34)27-16-35-18-37(27)26-13-12-21(32)15-23(26)29(38)22-10-6-7-11-24(22)33/h3-13,15-16,18-19,25,28H,14,17,34H2,1-2H3,(H,36,40)/t25-,28?/m0/s1. The van der Waals surface area contributed by atoms with E-state index >= 15 is 0 Å². The molecule has 41 heavy (non-hydrogen) atoms. The molecule has 1 aromatic heterocycles. The Labute approximate surface area is 242 Å². The van der Waals surface area contributed by atoms with Gasteiger partial charge in [0.25, 0.3) is 0 Å². The lowest BCUT2D eigenvalue weighted by atomic mass is 9.95. The number of benzene rings is 3. The lowest BCUT2D eigenvalue weighted by Gasteiger charge is -2.23. The maximum atomic E-state index is 14.5. The maximum absolute atomic E-state index is 14.5. The second-order valence-corrected chi connectivity index (χ2v) is 10.4. The van der Waals surface area contributed by atoms with Crippen molar-refractivity contribution in [1.29, 1.82) is 0 Å². The number of hydrogen-bond donors (Lipinski definition) is 2. The van der Waals surface area contributed by atoms with E-state index in [1.54, 1.807) is 18.2 Å². The molecule has 0 saturated carbocycles. The normalized spacial score (nSPS) is 12.5. The Balaban J connectivity index is 1.60. The number of aromatic nitrogens is 2. The highest BCUT2D eigenvalue weighted by Crippen LogP contribution is 2.27. The summed E-state index contributed by atoms with van der Waals surface area (Å²) in [5.41, 5.74) is 7.81. The molecule has 0 spiro atoms. The molecule has 10 heteroatoms. The average Bonchev–Trinajstić information content (AvgIpc) is 3.45. The molecule has 1 unspecified atom stereocenters. The summed E-state index contributed by atoms with van der Waals surface area (Å²) < 4.78 is 21.3. The predicted octanol–water partition coefficient (Wildman–Crippen LogP) is 5.81. The quantitative estimate of drug-likeness (QED) is 0.218. The van der Waals surface area contributed by atoms with Gasteiger partial charge in [0.1, 0.15) is 18.5 Å². The Morgan fingerprint density at radius 2 is 1.73 bits per heavy atom. The number of nitrogens with two attached hydrogens (primary N) is 1. The number of halogens is 2. The third-order valence-corrected chi connectivity index (χ3v) is 6.66. The van der Waals surface area contributed by atoms with Crippen molar-refractivity contribution in [2.24, 2.45) is 11.7 Å². The van der Waals surface area contributed by atoms with Gasteiger partial charge in [-0.2, -0.15) is 0 Å². The van der Waals surface area contributed by atoms with Gasteiger partial charge < -0.3 is 20.4 Å². The van der Waals surface area contributed by atoms with Crippen molar-refractivity contribution in [3.05, 3.63) is 119 Å². The van der Waals surface area contributed by atoms with E-state index in [4.69, 9.17) is 22.1 Å². The van der Waals surface area contributed by atoms with Gasteiger partial charge in [0.15, 0.2) is 11.6 Å². The van der Waals surface area contributed by atoms with Crippen molar-refractivity contribution in [2.45, 2.75) is 39.0 Å². The number of ketones is 2. The first-order valence-corrected chi connectivity index (χ1v) is 13.4. The number of nitrogens with zero attached hydrogens (tertiary/aromatic N) is 2. The fourth-order valence-electron chi connectivity index (χ4n) is 4.41. The lowest BCUT2D eigenvalue weighted by molar-refractivity contribution is -0.122. The molecule has 3 N–H and O–H groups in total. The molecule has 4 rings (SSSR count). The minimum Gasteiger partial charge on any atom is -0.445 e. The molecule has 1 amide bonds. The minimum absolute atomic E-state index is 0.0451. The Kier molecular flexibility index (Phi) is 9.65. The van der Waals surface area contributed by atoms with Gasteiger partial charge in [0.2, 0.25) is 0 Å². The molecule has 0 aliphatic rings. The van der Waals surface area contributed by atoms with Crippen LogP contribution in [0.3, 0.4) is 0 Å². The van der Waals surface area contributed by atoms with Crippen LogP contribution >= 0.6 is 11.6 Å². The molecule has 4 aromatic rings. The van der Waals surface area contributed by atoms with E-state index in [-0.39, 0.29) is 34.4 Å². The molecule has 0 aliphatic carbocycles. The topological polar surface area (TPSA) is 116 Å². The van der Waals surface area contributed by atoms with E-state index in [1.165, 1.54) is 41.4 Å². The van der Waals surface area contributed by atoms with E-state index in [0.717, 1.165) is 5.56 Å². The molecular weight excluding hydrogens is 547 g/mol. The second-order valence-electron chi connectivity index (χ2n) is 9.93.